The van der Waals surface area contributed by atoms with Crippen LogP contribution in [0.1, 0.15) is 18.1 Å². The molecule has 0 bridgehead atoms. The van der Waals surface area contributed by atoms with Gasteiger partial charge in [0.2, 0.25) is 10.0 Å². The normalized spacial score (nSPS) is 20.7. The lowest BCUT2D eigenvalue weighted by Crippen LogP contribution is -2.34. The Balaban J connectivity index is 1.56. The number of fused-ring (bicyclic) bond motifs is 1. The molecule has 28 heavy (non-hydrogen) atoms. The molecule has 2 heterocycles. The molecular weight excluding hydrogens is 416 g/mol. The quantitative estimate of drug-likeness (QED) is 0.797. The molecule has 2 aliphatic rings. The Morgan fingerprint density at radius 1 is 1.29 bits per heavy atom. The Hall–Kier alpha value is -2.03. The first-order chi connectivity index (χ1) is 13.3. The van der Waals surface area contributed by atoms with Gasteiger partial charge in [-0.05, 0) is 54.8 Å². The van der Waals surface area contributed by atoms with E-state index in [-0.39, 0.29) is 6.04 Å². The number of hydrazone groups is 1. The Morgan fingerprint density at radius 3 is 2.79 bits per heavy atom. The van der Waals surface area contributed by atoms with Crippen molar-refractivity contribution in [3.63, 3.8) is 0 Å². The zero-order valence-corrected chi connectivity index (χ0v) is 17.8. The maximum atomic E-state index is 12.1. The predicted molar refractivity (Wildman–Crippen MR) is 118 cm³/mol. The summed E-state index contributed by atoms with van der Waals surface area (Å²) in [5.41, 5.74) is 7.46. The van der Waals surface area contributed by atoms with E-state index in [1.807, 2.05) is 43.3 Å². The second-order valence-electron chi connectivity index (χ2n) is 6.81. The molecule has 4 rings (SSSR count). The van der Waals surface area contributed by atoms with Crippen LogP contribution in [0.3, 0.4) is 0 Å². The first-order valence-electron chi connectivity index (χ1n) is 8.73. The van der Waals surface area contributed by atoms with Crippen LogP contribution in [-0.2, 0) is 16.4 Å². The molecule has 2 aliphatic heterocycles. The smallest absolute Gasteiger partial charge is 0.232 e. The van der Waals surface area contributed by atoms with Gasteiger partial charge in [-0.2, -0.15) is 5.10 Å². The standard InChI is InChI=1S/C19H19ClN4O2S2/c1-12-8-14-9-13(6-7-18(14)24(12)28(2,25)26)17-11-27-19(23-22-17)21-16-5-3-4-15(20)10-16/h3-7,9-10,12H,8,11H2,1-2H3,(H,21,23)/t12-/m1/s1. The number of thioether (sulfide) groups is 1. The van der Waals surface area contributed by atoms with Crippen LogP contribution in [-0.4, -0.2) is 37.3 Å². The van der Waals surface area contributed by atoms with E-state index < -0.39 is 10.0 Å². The summed E-state index contributed by atoms with van der Waals surface area (Å²) in [4.78, 5) is 4.52. The number of halogens is 1. The van der Waals surface area contributed by atoms with Crippen molar-refractivity contribution >= 4 is 55.6 Å². The number of anilines is 1. The number of benzene rings is 2. The molecule has 1 atom stereocenters. The Labute approximate surface area is 173 Å². The molecule has 0 aromatic heterocycles. The van der Waals surface area contributed by atoms with Crippen molar-refractivity contribution in [3.8, 4) is 0 Å². The third-order valence-electron chi connectivity index (χ3n) is 4.59. The van der Waals surface area contributed by atoms with Crippen LogP contribution >= 0.6 is 23.4 Å². The summed E-state index contributed by atoms with van der Waals surface area (Å²) in [5.74, 6) is 0.677. The van der Waals surface area contributed by atoms with Gasteiger partial charge in [-0.1, -0.05) is 35.5 Å². The van der Waals surface area contributed by atoms with Crippen LogP contribution in [0.2, 0.25) is 5.02 Å². The molecule has 6 nitrogen and oxygen atoms in total. The lowest BCUT2D eigenvalue weighted by molar-refractivity contribution is 0.590. The molecule has 2 aromatic rings. The number of nitrogens with one attached hydrogen (secondary N) is 1. The average molecular weight is 435 g/mol. The molecule has 0 unspecified atom stereocenters. The van der Waals surface area contributed by atoms with Gasteiger partial charge in [0.1, 0.15) is 0 Å². The number of nitrogens with zero attached hydrogens (tertiary/aromatic N) is 3. The zero-order chi connectivity index (χ0) is 19.9. The third kappa shape index (κ3) is 3.90. The van der Waals surface area contributed by atoms with Crippen molar-refractivity contribution in [1.29, 1.82) is 0 Å². The molecule has 0 fully saturated rings. The Morgan fingerprint density at radius 2 is 2.11 bits per heavy atom. The van der Waals surface area contributed by atoms with E-state index in [1.165, 1.54) is 10.6 Å². The number of sulfonamides is 1. The Kier molecular flexibility index (Phi) is 5.11. The van der Waals surface area contributed by atoms with E-state index in [0.717, 1.165) is 28.2 Å². The van der Waals surface area contributed by atoms with Gasteiger partial charge < -0.3 is 0 Å². The number of hydrogen-bond donors (Lipinski definition) is 1. The average Bonchev–Trinajstić information content (AvgIpc) is 2.97. The highest BCUT2D eigenvalue weighted by molar-refractivity contribution is 8.14. The summed E-state index contributed by atoms with van der Waals surface area (Å²) < 4.78 is 25.6. The lowest BCUT2D eigenvalue weighted by Gasteiger charge is -2.22. The predicted octanol–water partition coefficient (Wildman–Crippen LogP) is 3.78. The highest BCUT2D eigenvalue weighted by Crippen LogP contribution is 2.35. The minimum absolute atomic E-state index is 0.0718. The van der Waals surface area contributed by atoms with E-state index in [2.05, 4.69) is 15.5 Å². The SMILES string of the molecule is C[C@@H]1Cc2cc(C3=NNC(=Nc4cccc(Cl)c4)SC3)ccc2N1S(C)(=O)=O. The summed E-state index contributed by atoms with van der Waals surface area (Å²) in [5, 5.41) is 5.82. The second kappa shape index (κ2) is 7.42. The number of rotatable bonds is 3. The highest BCUT2D eigenvalue weighted by Gasteiger charge is 2.32. The highest BCUT2D eigenvalue weighted by atomic mass is 35.5. The van der Waals surface area contributed by atoms with Crippen molar-refractivity contribution in [3.05, 3.63) is 58.6 Å². The van der Waals surface area contributed by atoms with Gasteiger partial charge in [0.25, 0.3) is 0 Å². The molecule has 0 amide bonds. The molecule has 1 N–H and O–H groups in total. The summed E-state index contributed by atoms with van der Waals surface area (Å²) >= 11 is 7.56. The van der Waals surface area contributed by atoms with Crippen LogP contribution in [0.15, 0.2) is 52.6 Å². The summed E-state index contributed by atoms with van der Waals surface area (Å²) in [6.45, 7) is 1.93. The maximum absolute atomic E-state index is 12.1. The van der Waals surface area contributed by atoms with Crippen LogP contribution in [0, 0.1) is 0 Å². The van der Waals surface area contributed by atoms with Crippen molar-refractivity contribution in [1.82, 2.24) is 5.43 Å². The molecule has 0 spiro atoms. The molecule has 0 radical (unpaired) electrons. The van der Waals surface area contributed by atoms with Crippen molar-refractivity contribution in [2.45, 2.75) is 19.4 Å². The topological polar surface area (TPSA) is 74.1 Å². The van der Waals surface area contributed by atoms with Crippen LogP contribution in [0.4, 0.5) is 11.4 Å². The van der Waals surface area contributed by atoms with Crippen LogP contribution < -0.4 is 9.73 Å². The fourth-order valence-corrected chi connectivity index (χ4v) is 5.71. The van der Waals surface area contributed by atoms with Gasteiger partial charge in [-0.15, -0.1) is 0 Å². The monoisotopic (exact) mass is 434 g/mol. The van der Waals surface area contributed by atoms with E-state index in [9.17, 15) is 8.42 Å². The number of aliphatic imine (C=N–C) groups is 1. The van der Waals surface area contributed by atoms with Gasteiger partial charge in [0.15, 0.2) is 5.17 Å². The molecule has 0 aliphatic carbocycles. The van der Waals surface area contributed by atoms with Crippen molar-refractivity contribution < 1.29 is 8.42 Å². The minimum atomic E-state index is -3.28. The van der Waals surface area contributed by atoms with Crippen LogP contribution in [0.25, 0.3) is 0 Å². The van der Waals surface area contributed by atoms with E-state index in [4.69, 9.17) is 11.6 Å². The molecule has 2 aromatic carbocycles. The van der Waals surface area contributed by atoms with E-state index in [1.54, 1.807) is 17.8 Å². The molecule has 146 valence electrons. The van der Waals surface area contributed by atoms with Crippen LogP contribution in [0.5, 0.6) is 0 Å². The zero-order valence-electron chi connectivity index (χ0n) is 15.4. The van der Waals surface area contributed by atoms with Gasteiger partial charge in [0.05, 0.1) is 23.3 Å². The summed E-state index contributed by atoms with van der Waals surface area (Å²) in [6, 6.07) is 13.1. The first kappa shape index (κ1) is 19.3. The lowest BCUT2D eigenvalue weighted by atomic mass is 10.0. The van der Waals surface area contributed by atoms with Gasteiger partial charge in [-0.3, -0.25) is 9.73 Å². The molecule has 0 saturated heterocycles. The fraction of sp³-hybridized carbons (Fsp3) is 0.263. The second-order valence-corrected chi connectivity index (χ2v) is 10.1. The minimum Gasteiger partial charge on any atom is -0.267 e. The van der Waals surface area contributed by atoms with Gasteiger partial charge in [0, 0.05) is 16.8 Å². The number of amidine groups is 1. The molecule has 9 heteroatoms. The fourth-order valence-electron chi connectivity index (χ4n) is 3.47. The third-order valence-corrected chi connectivity index (χ3v) is 6.97. The molecule has 0 saturated carbocycles. The van der Waals surface area contributed by atoms with E-state index >= 15 is 0 Å². The number of hydrogen-bond acceptors (Lipinski definition) is 5. The van der Waals surface area contributed by atoms with E-state index in [0.29, 0.717) is 22.4 Å². The van der Waals surface area contributed by atoms with Crippen molar-refractivity contribution in [2.24, 2.45) is 10.1 Å². The van der Waals surface area contributed by atoms with Crippen molar-refractivity contribution in [2.75, 3.05) is 16.3 Å². The summed E-state index contributed by atoms with van der Waals surface area (Å²) in [7, 11) is -3.28. The van der Waals surface area contributed by atoms with Gasteiger partial charge in [-0.25, -0.2) is 13.4 Å². The first-order valence-corrected chi connectivity index (χ1v) is 11.9. The van der Waals surface area contributed by atoms with Gasteiger partial charge >= 0.3 is 0 Å². The molecular formula is C19H19ClN4O2S2. The summed E-state index contributed by atoms with van der Waals surface area (Å²) in [6.07, 6.45) is 1.95. The maximum Gasteiger partial charge on any atom is 0.232 e. The Bertz CT molecular complexity index is 1100. The largest absolute Gasteiger partial charge is 0.267 e.